The molecule has 3 heteroatoms. The Hall–Kier alpha value is 0.660. The van der Waals surface area contributed by atoms with Gasteiger partial charge in [-0.1, -0.05) is 15.9 Å². The van der Waals surface area contributed by atoms with E-state index in [1.807, 2.05) is 11.3 Å². The Balaban J connectivity index is 1.76. The van der Waals surface area contributed by atoms with Crippen LogP contribution in [0.1, 0.15) is 34.5 Å². The average Bonchev–Trinajstić information content (AvgIpc) is 2.66. The molecule has 0 aromatic carbocycles. The quantitative estimate of drug-likeness (QED) is 0.635. The largest absolute Gasteiger partial charge is 0.132 e. The highest BCUT2D eigenvalue weighted by molar-refractivity contribution is 9.11. The molecular formula is C12H14Br2S. The molecule has 3 rings (SSSR count). The van der Waals surface area contributed by atoms with E-state index in [-0.39, 0.29) is 0 Å². The van der Waals surface area contributed by atoms with Crippen molar-refractivity contribution in [3.8, 4) is 0 Å². The first-order valence-corrected chi connectivity index (χ1v) is 8.07. The summed E-state index contributed by atoms with van der Waals surface area (Å²) < 4.78 is 1.30. The molecule has 3 unspecified atom stereocenters. The lowest BCUT2D eigenvalue weighted by Crippen LogP contribution is -2.03. The van der Waals surface area contributed by atoms with Crippen LogP contribution in [0.15, 0.2) is 9.85 Å². The number of rotatable bonds is 2. The van der Waals surface area contributed by atoms with Crippen LogP contribution in [0.2, 0.25) is 0 Å². The molecule has 0 aliphatic heterocycles. The minimum absolute atomic E-state index is 0.597. The van der Waals surface area contributed by atoms with Gasteiger partial charge in [0.2, 0.25) is 0 Å². The van der Waals surface area contributed by atoms with Crippen LogP contribution in [-0.4, -0.2) is 0 Å². The number of fused-ring (bicyclic) bond motifs is 1. The zero-order valence-corrected chi connectivity index (χ0v) is 12.7. The van der Waals surface area contributed by atoms with E-state index in [1.165, 1.54) is 33.5 Å². The molecule has 2 aliphatic rings. The van der Waals surface area contributed by atoms with Crippen molar-refractivity contribution in [3.63, 3.8) is 0 Å². The predicted octanol–water partition coefficient (Wildman–Crippen LogP) is 5.30. The first-order valence-electron chi connectivity index (χ1n) is 5.55. The molecule has 15 heavy (non-hydrogen) atoms. The van der Waals surface area contributed by atoms with Crippen LogP contribution in [-0.2, 0) is 0 Å². The van der Waals surface area contributed by atoms with Gasteiger partial charge >= 0.3 is 0 Å². The number of alkyl halides is 1. The molecule has 0 spiro atoms. The molecule has 1 aromatic rings. The second kappa shape index (κ2) is 3.85. The summed E-state index contributed by atoms with van der Waals surface area (Å²) in [5, 5.41) is 0. The van der Waals surface area contributed by atoms with Crippen LogP contribution in [0.5, 0.6) is 0 Å². The second-order valence-electron chi connectivity index (χ2n) is 4.99. The van der Waals surface area contributed by atoms with Gasteiger partial charge in [-0.2, -0.15) is 0 Å². The number of hydrogen-bond acceptors (Lipinski definition) is 1. The third kappa shape index (κ3) is 1.96. The van der Waals surface area contributed by atoms with E-state index in [9.17, 15) is 0 Å². The van der Waals surface area contributed by atoms with Crippen molar-refractivity contribution in [3.05, 3.63) is 20.3 Å². The normalized spacial score (nSPS) is 35.3. The van der Waals surface area contributed by atoms with Crippen LogP contribution in [0.3, 0.4) is 0 Å². The Morgan fingerprint density at radius 2 is 2.00 bits per heavy atom. The third-order valence-corrected chi connectivity index (χ3v) is 7.61. The first-order chi connectivity index (χ1) is 7.15. The van der Waals surface area contributed by atoms with Crippen LogP contribution in [0.25, 0.3) is 0 Å². The van der Waals surface area contributed by atoms with Gasteiger partial charge in [0, 0.05) is 4.88 Å². The number of thiophene rings is 1. The molecule has 1 heterocycles. The smallest absolute Gasteiger partial charge is 0.0730 e. The molecule has 3 atom stereocenters. The zero-order valence-electron chi connectivity index (χ0n) is 8.67. The molecule has 82 valence electrons. The van der Waals surface area contributed by atoms with E-state index in [0.29, 0.717) is 4.83 Å². The van der Waals surface area contributed by atoms with E-state index in [1.54, 1.807) is 0 Å². The summed E-state index contributed by atoms with van der Waals surface area (Å²) >= 11 is 9.40. The van der Waals surface area contributed by atoms with Gasteiger partial charge in [-0.05, 0) is 71.5 Å². The van der Waals surface area contributed by atoms with Crippen LogP contribution >= 0.6 is 43.2 Å². The van der Waals surface area contributed by atoms with Crippen LogP contribution in [0.4, 0.5) is 0 Å². The number of aryl methyl sites for hydroxylation is 1. The van der Waals surface area contributed by atoms with Crippen molar-refractivity contribution in [2.24, 2.45) is 17.8 Å². The second-order valence-corrected chi connectivity index (χ2v) is 8.38. The lowest BCUT2D eigenvalue weighted by molar-refractivity contribution is 0.485. The standard InChI is InChI=1S/C12H14Br2S/c1-6-2-10(15-12(6)14)11(13)9-4-7-3-8(7)5-9/h2,7-9,11H,3-5H2,1H3. The van der Waals surface area contributed by atoms with Crippen molar-refractivity contribution in [1.82, 2.24) is 0 Å². The fourth-order valence-electron chi connectivity index (χ4n) is 2.85. The van der Waals surface area contributed by atoms with E-state index >= 15 is 0 Å². The van der Waals surface area contributed by atoms with Crippen molar-refractivity contribution >= 4 is 43.2 Å². The van der Waals surface area contributed by atoms with Gasteiger partial charge < -0.3 is 0 Å². The molecule has 0 N–H and O–H groups in total. The summed E-state index contributed by atoms with van der Waals surface area (Å²) in [7, 11) is 0. The maximum absolute atomic E-state index is 3.90. The number of hydrogen-bond donors (Lipinski definition) is 0. The van der Waals surface area contributed by atoms with Gasteiger partial charge in [0.15, 0.2) is 0 Å². The zero-order chi connectivity index (χ0) is 10.6. The highest BCUT2D eigenvalue weighted by Gasteiger charge is 2.47. The lowest BCUT2D eigenvalue weighted by atomic mass is 9.98. The van der Waals surface area contributed by atoms with Gasteiger partial charge in [0.05, 0.1) is 8.61 Å². The molecule has 0 nitrogen and oxygen atoms in total. The molecule has 0 bridgehead atoms. The van der Waals surface area contributed by atoms with Crippen molar-refractivity contribution in [2.75, 3.05) is 0 Å². The molecular weight excluding hydrogens is 336 g/mol. The van der Waals surface area contributed by atoms with E-state index < -0.39 is 0 Å². The molecule has 0 saturated heterocycles. The number of halogens is 2. The Labute approximate surface area is 112 Å². The highest BCUT2D eigenvalue weighted by atomic mass is 79.9. The summed E-state index contributed by atoms with van der Waals surface area (Å²) in [6.07, 6.45) is 4.42. The fraction of sp³-hybridized carbons (Fsp3) is 0.667. The summed E-state index contributed by atoms with van der Waals surface area (Å²) in [5.41, 5.74) is 1.38. The SMILES string of the molecule is Cc1cc(C(Br)C2CC3CC3C2)sc1Br. The summed E-state index contributed by atoms with van der Waals surface area (Å²) in [6, 6.07) is 2.33. The summed E-state index contributed by atoms with van der Waals surface area (Å²) in [4.78, 5) is 2.10. The van der Waals surface area contributed by atoms with Crippen LogP contribution in [0, 0.1) is 24.7 Å². The highest BCUT2D eigenvalue weighted by Crippen LogP contribution is 2.59. The Bertz CT molecular complexity index is 355. The van der Waals surface area contributed by atoms with Crippen LogP contribution < -0.4 is 0 Å². The Kier molecular flexibility index (Phi) is 2.77. The molecule has 2 aliphatic carbocycles. The van der Waals surface area contributed by atoms with E-state index in [2.05, 4.69) is 44.8 Å². The predicted molar refractivity (Wildman–Crippen MR) is 72.7 cm³/mol. The van der Waals surface area contributed by atoms with Crippen molar-refractivity contribution in [1.29, 1.82) is 0 Å². The van der Waals surface area contributed by atoms with Gasteiger partial charge in [-0.15, -0.1) is 11.3 Å². The molecule has 0 radical (unpaired) electrons. The Morgan fingerprint density at radius 1 is 1.33 bits per heavy atom. The minimum Gasteiger partial charge on any atom is -0.132 e. The van der Waals surface area contributed by atoms with Crippen molar-refractivity contribution in [2.45, 2.75) is 31.0 Å². The molecule has 0 amide bonds. The molecule has 2 fully saturated rings. The Morgan fingerprint density at radius 3 is 2.53 bits per heavy atom. The maximum Gasteiger partial charge on any atom is 0.0730 e. The topological polar surface area (TPSA) is 0 Å². The van der Waals surface area contributed by atoms with Gasteiger partial charge in [0.1, 0.15) is 0 Å². The average molecular weight is 350 g/mol. The lowest BCUT2D eigenvalue weighted by Gasteiger charge is -2.17. The van der Waals surface area contributed by atoms with Gasteiger partial charge in [0.25, 0.3) is 0 Å². The first kappa shape index (κ1) is 10.8. The summed E-state index contributed by atoms with van der Waals surface area (Å²) in [5.74, 6) is 3.05. The van der Waals surface area contributed by atoms with Gasteiger partial charge in [-0.3, -0.25) is 0 Å². The molecule has 1 aromatic heterocycles. The summed E-state index contributed by atoms with van der Waals surface area (Å²) in [6.45, 7) is 2.18. The van der Waals surface area contributed by atoms with Gasteiger partial charge in [-0.25, -0.2) is 0 Å². The maximum atomic E-state index is 3.90. The van der Waals surface area contributed by atoms with E-state index in [0.717, 1.165) is 17.8 Å². The van der Waals surface area contributed by atoms with E-state index in [4.69, 9.17) is 0 Å². The fourth-order valence-corrected chi connectivity index (χ4v) is 5.34. The monoisotopic (exact) mass is 348 g/mol. The third-order valence-electron chi connectivity index (χ3n) is 3.84. The van der Waals surface area contributed by atoms with Crippen molar-refractivity contribution < 1.29 is 0 Å². The minimum atomic E-state index is 0.597. The molecule has 2 saturated carbocycles.